The predicted octanol–water partition coefficient (Wildman–Crippen LogP) is 0.876. The second kappa shape index (κ2) is 4.17. The van der Waals surface area contributed by atoms with Crippen molar-refractivity contribution in [2.75, 3.05) is 0 Å². The van der Waals surface area contributed by atoms with Crippen molar-refractivity contribution in [3.63, 3.8) is 0 Å². The number of nitrogens with one attached hydrogen (secondary N) is 1. The van der Waals surface area contributed by atoms with Crippen LogP contribution in [-0.4, -0.2) is 9.96 Å². The van der Waals surface area contributed by atoms with Gasteiger partial charge in [0.1, 0.15) is 6.54 Å². The minimum Gasteiger partial charge on any atom is -0.258 e. The van der Waals surface area contributed by atoms with E-state index in [1.54, 1.807) is 6.07 Å². The normalized spacial score (nSPS) is 9.43. The summed E-state index contributed by atoms with van der Waals surface area (Å²) in [6.07, 6.45) is 0. The van der Waals surface area contributed by atoms with Gasteiger partial charge in [0.05, 0.1) is 10.5 Å². The summed E-state index contributed by atoms with van der Waals surface area (Å²) in [6.45, 7) is -0.163. The highest BCUT2D eigenvalue weighted by Crippen LogP contribution is 2.16. The Morgan fingerprint density at radius 1 is 1.21 bits per heavy atom. The van der Waals surface area contributed by atoms with E-state index in [2.05, 4.69) is 0 Å². The maximum absolute atomic E-state index is 10.5. The fraction of sp³-hybridized carbons (Fsp3) is 0.143. The van der Waals surface area contributed by atoms with Crippen molar-refractivity contribution >= 4 is 5.69 Å². The Labute approximate surface area is 78.6 Å². The van der Waals surface area contributed by atoms with E-state index < -0.39 is 9.96 Å². The highest BCUT2D eigenvalue weighted by Gasteiger charge is 2.12. The van der Waals surface area contributed by atoms with Crippen LogP contribution in [0.2, 0.25) is 0 Å². The number of benzene rings is 1. The van der Waals surface area contributed by atoms with Gasteiger partial charge in [0.2, 0.25) is 0 Å². The number of hydrogen-bond donors (Lipinski definition) is 1. The summed E-state index contributed by atoms with van der Waals surface area (Å²) < 4.78 is 0. The Kier molecular flexibility index (Phi) is 2.95. The van der Waals surface area contributed by atoms with Crippen molar-refractivity contribution in [1.82, 2.24) is 5.43 Å². The summed E-state index contributed by atoms with van der Waals surface area (Å²) in [7, 11) is 0. The fourth-order valence-electron chi connectivity index (χ4n) is 0.988. The summed E-state index contributed by atoms with van der Waals surface area (Å²) >= 11 is 0. The predicted molar refractivity (Wildman–Crippen MR) is 46.9 cm³/mol. The standard InChI is InChI=1S/C7H7N3O4/c11-9(12)7-4-2-1-3-6(7)5-8-10(13)14/h1-4,8H,5H2. The number of nitro benzene ring substituents is 1. The van der Waals surface area contributed by atoms with Crippen LogP contribution < -0.4 is 5.43 Å². The van der Waals surface area contributed by atoms with Crippen molar-refractivity contribution in [2.45, 2.75) is 6.54 Å². The van der Waals surface area contributed by atoms with Crippen LogP contribution in [0.3, 0.4) is 0 Å². The van der Waals surface area contributed by atoms with E-state index in [1.165, 1.54) is 18.2 Å². The molecule has 0 amide bonds. The molecule has 0 saturated heterocycles. The number of hydrazine groups is 1. The lowest BCUT2D eigenvalue weighted by Gasteiger charge is -1.99. The molecule has 0 fully saturated rings. The van der Waals surface area contributed by atoms with Gasteiger partial charge in [-0.1, -0.05) is 18.2 Å². The van der Waals surface area contributed by atoms with Gasteiger partial charge in [0, 0.05) is 6.07 Å². The highest BCUT2D eigenvalue weighted by atomic mass is 16.7. The molecule has 1 aromatic rings. The van der Waals surface area contributed by atoms with E-state index in [4.69, 9.17) is 0 Å². The Morgan fingerprint density at radius 3 is 2.43 bits per heavy atom. The molecule has 74 valence electrons. The van der Waals surface area contributed by atoms with Crippen molar-refractivity contribution in [2.24, 2.45) is 0 Å². The first-order valence-corrected chi connectivity index (χ1v) is 3.71. The zero-order valence-corrected chi connectivity index (χ0v) is 7.04. The molecular weight excluding hydrogens is 190 g/mol. The first-order valence-electron chi connectivity index (χ1n) is 3.71. The number of nitro groups is 2. The minimum absolute atomic E-state index is 0.123. The second-order valence-corrected chi connectivity index (χ2v) is 2.48. The molecule has 0 spiro atoms. The summed E-state index contributed by atoms with van der Waals surface area (Å²) in [5.74, 6) is 0. The SMILES string of the molecule is O=[N+]([O-])NCc1ccccc1[N+](=O)[O-]. The smallest absolute Gasteiger partial charge is 0.258 e. The van der Waals surface area contributed by atoms with Gasteiger partial charge in [0.25, 0.3) is 5.69 Å². The van der Waals surface area contributed by atoms with Crippen LogP contribution in [0.4, 0.5) is 5.69 Å². The van der Waals surface area contributed by atoms with Gasteiger partial charge in [-0.05, 0) is 0 Å². The van der Waals surface area contributed by atoms with Crippen molar-refractivity contribution in [1.29, 1.82) is 0 Å². The third kappa shape index (κ3) is 2.41. The van der Waals surface area contributed by atoms with Crippen molar-refractivity contribution in [3.8, 4) is 0 Å². The maximum atomic E-state index is 10.5. The molecule has 1 N–H and O–H groups in total. The zero-order valence-electron chi connectivity index (χ0n) is 7.04. The quantitative estimate of drug-likeness (QED) is 0.570. The summed E-state index contributed by atoms with van der Waals surface area (Å²) in [6, 6.07) is 5.86. The molecule has 0 heterocycles. The molecule has 0 unspecified atom stereocenters. The summed E-state index contributed by atoms with van der Waals surface area (Å²) in [4.78, 5) is 19.9. The third-order valence-electron chi connectivity index (χ3n) is 1.59. The third-order valence-corrected chi connectivity index (χ3v) is 1.59. The molecule has 0 aromatic heterocycles. The molecule has 0 atom stereocenters. The van der Waals surface area contributed by atoms with Gasteiger partial charge in [-0.25, -0.2) is 10.1 Å². The Hall–Kier alpha value is -2.18. The van der Waals surface area contributed by atoms with Gasteiger partial charge in [-0.15, -0.1) is 5.43 Å². The van der Waals surface area contributed by atoms with Crippen LogP contribution >= 0.6 is 0 Å². The second-order valence-electron chi connectivity index (χ2n) is 2.48. The number of para-hydroxylation sites is 1. The average Bonchev–Trinajstić information content (AvgIpc) is 2.15. The molecule has 1 aromatic carbocycles. The van der Waals surface area contributed by atoms with Gasteiger partial charge < -0.3 is 0 Å². The van der Waals surface area contributed by atoms with Crippen LogP contribution in [0, 0.1) is 20.2 Å². The molecule has 0 radical (unpaired) electrons. The molecule has 7 heteroatoms. The van der Waals surface area contributed by atoms with Crippen LogP contribution in [-0.2, 0) is 6.54 Å². The van der Waals surface area contributed by atoms with Crippen LogP contribution in [0.1, 0.15) is 5.56 Å². The monoisotopic (exact) mass is 197 g/mol. The van der Waals surface area contributed by atoms with Crippen molar-refractivity contribution in [3.05, 3.63) is 50.1 Å². The minimum atomic E-state index is -0.739. The van der Waals surface area contributed by atoms with Gasteiger partial charge in [0.15, 0.2) is 5.03 Å². The molecule has 14 heavy (non-hydrogen) atoms. The van der Waals surface area contributed by atoms with E-state index in [0.29, 0.717) is 0 Å². The first kappa shape index (κ1) is 9.90. The largest absolute Gasteiger partial charge is 0.274 e. The molecule has 0 aliphatic heterocycles. The van der Waals surface area contributed by atoms with Crippen LogP contribution in [0.5, 0.6) is 0 Å². The van der Waals surface area contributed by atoms with E-state index in [-0.39, 0.29) is 17.8 Å². The van der Waals surface area contributed by atoms with E-state index in [9.17, 15) is 20.2 Å². The molecular formula is C7H7N3O4. The van der Waals surface area contributed by atoms with Gasteiger partial charge in [-0.2, -0.15) is 0 Å². The zero-order chi connectivity index (χ0) is 10.6. The molecule has 0 bridgehead atoms. The number of nitrogens with zero attached hydrogens (tertiary/aromatic N) is 2. The van der Waals surface area contributed by atoms with Gasteiger partial charge in [-0.3, -0.25) is 10.1 Å². The molecule has 0 aliphatic rings. The van der Waals surface area contributed by atoms with E-state index in [0.717, 1.165) is 0 Å². The topological polar surface area (TPSA) is 98.3 Å². The average molecular weight is 197 g/mol. The Bertz CT molecular complexity index is 366. The number of hydrogen-bond acceptors (Lipinski definition) is 4. The van der Waals surface area contributed by atoms with Crippen LogP contribution in [0.15, 0.2) is 24.3 Å². The van der Waals surface area contributed by atoms with Gasteiger partial charge >= 0.3 is 0 Å². The molecule has 0 saturated carbocycles. The molecule has 0 aliphatic carbocycles. The molecule has 7 nitrogen and oxygen atoms in total. The summed E-state index contributed by atoms with van der Waals surface area (Å²) in [5.41, 5.74) is 2.04. The summed E-state index contributed by atoms with van der Waals surface area (Å²) in [5, 5.41) is 19.7. The van der Waals surface area contributed by atoms with Crippen LogP contribution in [0.25, 0.3) is 0 Å². The van der Waals surface area contributed by atoms with E-state index in [1.807, 2.05) is 5.43 Å². The lowest BCUT2D eigenvalue weighted by molar-refractivity contribution is -0.547. The highest BCUT2D eigenvalue weighted by molar-refractivity contribution is 5.39. The first-order chi connectivity index (χ1) is 6.61. The fourth-order valence-corrected chi connectivity index (χ4v) is 0.988. The lowest BCUT2D eigenvalue weighted by Crippen LogP contribution is -2.21. The maximum Gasteiger partial charge on any atom is 0.274 e. The Morgan fingerprint density at radius 2 is 1.86 bits per heavy atom. The van der Waals surface area contributed by atoms with Crippen molar-refractivity contribution < 1.29 is 9.96 Å². The molecule has 1 rings (SSSR count). The lowest BCUT2D eigenvalue weighted by atomic mass is 10.2. The van der Waals surface area contributed by atoms with E-state index >= 15 is 0 Å². The Balaban J connectivity index is 2.84. The number of rotatable bonds is 4.